The van der Waals surface area contributed by atoms with Gasteiger partial charge >= 0.3 is 0 Å². The molecule has 1 saturated heterocycles. The zero-order chi connectivity index (χ0) is 14.1. The van der Waals surface area contributed by atoms with Gasteiger partial charge in [0.1, 0.15) is 5.75 Å². The van der Waals surface area contributed by atoms with Crippen LogP contribution in [0.15, 0.2) is 23.1 Å². The molecule has 1 spiro atoms. The fraction of sp³-hybridized carbons (Fsp3) is 0.667. The maximum absolute atomic E-state index is 6.26. The number of benzene rings is 1. The highest BCUT2D eigenvalue weighted by Gasteiger charge is 2.52. The van der Waals surface area contributed by atoms with Gasteiger partial charge < -0.3 is 9.64 Å². The molecule has 0 radical (unpaired) electrons. The van der Waals surface area contributed by atoms with Crippen LogP contribution < -0.4 is 4.74 Å². The minimum Gasteiger partial charge on any atom is -0.475 e. The summed E-state index contributed by atoms with van der Waals surface area (Å²) in [6.45, 7) is 1.25. The fourth-order valence-corrected chi connectivity index (χ4v) is 6.05. The van der Waals surface area contributed by atoms with E-state index in [-0.39, 0.29) is 4.93 Å². The maximum atomic E-state index is 6.26. The topological polar surface area (TPSA) is 12.5 Å². The van der Waals surface area contributed by atoms with Gasteiger partial charge in [0.25, 0.3) is 0 Å². The molecule has 0 N–H and O–H groups in total. The highest BCUT2D eigenvalue weighted by molar-refractivity contribution is 8.01. The Hall–Kier alpha value is -0.670. The molecule has 112 valence electrons. The minimum atomic E-state index is 0.136. The Morgan fingerprint density at radius 1 is 1.19 bits per heavy atom. The smallest absolute Gasteiger partial charge is 0.159 e. The number of likely N-dealkylation sites (tertiary alicyclic amines) is 1. The zero-order valence-corrected chi connectivity index (χ0v) is 13.5. The molecule has 3 fully saturated rings. The van der Waals surface area contributed by atoms with E-state index in [2.05, 4.69) is 30.1 Å². The molecule has 2 atom stereocenters. The molecule has 0 bridgehead atoms. The summed E-state index contributed by atoms with van der Waals surface area (Å²) in [5.41, 5.74) is 1.95. The fourth-order valence-electron chi connectivity index (χ4n) is 4.88. The standard InChI is InChI=1S/C18H23NOS/c1-19-11-10-17(7-3-2-4-16(17)19)13-5-6-15-14(12-13)20-18(21-15)8-9-18/h5-6,12,16H,2-4,7-11H2,1H3/t16-,17-/m0/s1. The summed E-state index contributed by atoms with van der Waals surface area (Å²) >= 11 is 1.95. The van der Waals surface area contributed by atoms with Gasteiger partial charge in [-0.25, -0.2) is 0 Å². The first kappa shape index (κ1) is 12.8. The van der Waals surface area contributed by atoms with Crippen LogP contribution in [0.5, 0.6) is 5.75 Å². The quantitative estimate of drug-likeness (QED) is 0.772. The van der Waals surface area contributed by atoms with Crippen molar-refractivity contribution in [2.45, 2.75) is 66.2 Å². The van der Waals surface area contributed by atoms with Crippen LogP contribution in [0.25, 0.3) is 0 Å². The van der Waals surface area contributed by atoms with Gasteiger partial charge in [-0.3, -0.25) is 0 Å². The molecular weight excluding hydrogens is 278 g/mol. The van der Waals surface area contributed by atoms with E-state index >= 15 is 0 Å². The van der Waals surface area contributed by atoms with Gasteiger partial charge in [0.15, 0.2) is 4.93 Å². The van der Waals surface area contributed by atoms with Crippen LogP contribution >= 0.6 is 11.8 Å². The molecule has 2 nitrogen and oxygen atoms in total. The predicted molar refractivity (Wildman–Crippen MR) is 86.1 cm³/mol. The van der Waals surface area contributed by atoms with E-state index in [1.807, 2.05) is 11.8 Å². The van der Waals surface area contributed by atoms with Crippen LogP contribution in [-0.2, 0) is 5.41 Å². The van der Waals surface area contributed by atoms with E-state index in [0.717, 1.165) is 6.04 Å². The SMILES string of the molecule is CN1CC[C@]2(c3ccc4c(c3)OC3(CC3)S4)CCCC[C@H]12. The Morgan fingerprint density at radius 2 is 2.10 bits per heavy atom. The summed E-state index contributed by atoms with van der Waals surface area (Å²) in [4.78, 5) is 4.10. The third-order valence-electron chi connectivity index (χ3n) is 6.20. The number of ether oxygens (including phenoxy) is 1. The lowest BCUT2D eigenvalue weighted by Crippen LogP contribution is -2.43. The van der Waals surface area contributed by atoms with Crippen molar-refractivity contribution < 1.29 is 4.74 Å². The van der Waals surface area contributed by atoms with E-state index in [4.69, 9.17) is 4.74 Å². The largest absolute Gasteiger partial charge is 0.475 e. The van der Waals surface area contributed by atoms with Crippen molar-refractivity contribution in [2.75, 3.05) is 13.6 Å². The first-order valence-electron chi connectivity index (χ1n) is 8.44. The second-order valence-corrected chi connectivity index (χ2v) is 8.81. The van der Waals surface area contributed by atoms with Gasteiger partial charge in [-0.15, -0.1) is 0 Å². The van der Waals surface area contributed by atoms with Gasteiger partial charge in [-0.05, 0) is 50.6 Å². The van der Waals surface area contributed by atoms with Crippen molar-refractivity contribution in [1.29, 1.82) is 0 Å². The van der Waals surface area contributed by atoms with Crippen LogP contribution in [0.3, 0.4) is 0 Å². The lowest BCUT2D eigenvalue weighted by atomic mass is 9.66. The van der Waals surface area contributed by atoms with Crippen molar-refractivity contribution in [1.82, 2.24) is 4.90 Å². The van der Waals surface area contributed by atoms with E-state index < -0.39 is 0 Å². The van der Waals surface area contributed by atoms with E-state index in [0.29, 0.717) is 5.41 Å². The Balaban J connectivity index is 1.55. The molecule has 0 aromatic heterocycles. The summed E-state index contributed by atoms with van der Waals surface area (Å²) in [5, 5.41) is 0. The van der Waals surface area contributed by atoms with E-state index in [9.17, 15) is 0 Å². The van der Waals surface area contributed by atoms with Gasteiger partial charge in [0.2, 0.25) is 0 Å². The molecule has 3 heteroatoms. The van der Waals surface area contributed by atoms with Crippen LogP contribution in [0.2, 0.25) is 0 Å². The van der Waals surface area contributed by atoms with Crippen LogP contribution in [-0.4, -0.2) is 29.5 Å². The zero-order valence-electron chi connectivity index (χ0n) is 12.7. The second-order valence-electron chi connectivity index (χ2n) is 7.42. The Morgan fingerprint density at radius 3 is 2.95 bits per heavy atom. The molecule has 5 rings (SSSR count). The maximum Gasteiger partial charge on any atom is 0.159 e. The van der Waals surface area contributed by atoms with Gasteiger partial charge in [0.05, 0.1) is 4.90 Å². The van der Waals surface area contributed by atoms with Gasteiger partial charge in [0, 0.05) is 24.3 Å². The summed E-state index contributed by atoms with van der Waals surface area (Å²) < 4.78 is 6.26. The predicted octanol–water partition coefficient (Wildman–Crippen LogP) is 4.18. The first-order chi connectivity index (χ1) is 10.2. The summed E-state index contributed by atoms with van der Waals surface area (Å²) in [5.74, 6) is 1.17. The third kappa shape index (κ3) is 1.77. The van der Waals surface area contributed by atoms with Crippen LogP contribution in [0.4, 0.5) is 0 Å². The normalized spacial score (nSPS) is 36.3. The lowest BCUT2D eigenvalue weighted by molar-refractivity contribution is 0.181. The summed E-state index contributed by atoms with van der Waals surface area (Å²) in [6.07, 6.45) is 9.28. The number of rotatable bonds is 1. The number of hydrogen-bond donors (Lipinski definition) is 0. The molecule has 0 unspecified atom stereocenters. The number of nitrogens with zero attached hydrogens (tertiary/aromatic N) is 1. The molecule has 4 aliphatic rings. The first-order valence-corrected chi connectivity index (χ1v) is 9.25. The van der Waals surface area contributed by atoms with Crippen LogP contribution in [0, 0.1) is 0 Å². The molecule has 2 saturated carbocycles. The highest BCUT2D eigenvalue weighted by Crippen LogP contribution is 2.61. The summed E-state index contributed by atoms with van der Waals surface area (Å²) in [6, 6.07) is 7.88. The molecule has 1 aromatic carbocycles. The van der Waals surface area contributed by atoms with Crippen molar-refractivity contribution >= 4 is 11.8 Å². The summed E-state index contributed by atoms with van der Waals surface area (Å²) in [7, 11) is 2.32. The van der Waals surface area contributed by atoms with E-state index in [1.165, 1.54) is 62.1 Å². The van der Waals surface area contributed by atoms with Crippen LogP contribution in [0.1, 0.15) is 50.5 Å². The molecule has 2 heterocycles. The average Bonchev–Trinajstić information content (AvgIpc) is 3.01. The molecule has 1 aromatic rings. The molecule has 0 amide bonds. The number of likely N-dealkylation sites (N-methyl/N-ethyl adjacent to an activating group) is 1. The van der Waals surface area contributed by atoms with Crippen molar-refractivity contribution in [3.8, 4) is 5.75 Å². The molecule has 21 heavy (non-hydrogen) atoms. The highest BCUT2D eigenvalue weighted by atomic mass is 32.2. The van der Waals surface area contributed by atoms with Crippen molar-refractivity contribution in [2.24, 2.45) is 0 Å². The lowest BCUT2D eigenvalue weighted by Gasteiger charge is -2.41. The molecule has 2 aliphatic heterocycles. The molecular formula is C18H23NOS. The number of thioether (sulfide) groups is 1. The molecule has 2 aliphatic carbocycles. The van der Waals surface area contributed by atoms with Crippen molar-refractivity contribution in [3.05, 3.63) is 23.8 Å². The number of fused-ring (bicyclic) bond motifs is 2. The minimum absolute atomic E-state index is 0.136. The average molecular weight is 301 g/mol. The monoisotopic (exact) mass is 301 g/mol. The Labute approximate surface area is 131 Å². The second kappa shape index (κ2) is 4.20. The van der Waals surface area contributed by atoms with E-state index in [1.54, 1.807) is 5.56 Å². The Bertz CT molecular complexity index is 593. The number of hydrogen-bond acceptors (Lipinski definition) is 3. The van der Waals surface area contributed by atoms with Gasteiger partial charge in [-0.1, -0.05) is 30.7 Å². The Kier molecular flexibility index (Phi) is 2.57. The third-order valence-corrected chi connectivity index (χ3v) is 7.62. The van der Waals surface area contributed by atoms with Crippen molar-refractivity contribution in [3.63, 3.8) is 0 Å². The van der Waals surface area contributed by atoms with Gasteiger partial charge in [-0.2, -0.15) is 0 Å².